The molecule has 0 aromatic heterocycles. The number of carbonyl (C=O) groups excluding carboxylic acids is 1. The average Bonchev–Trinajstić information content (AvgIpc) is 2.90. The van der Waals surface area contributed by atoms with Crippen molar-refractivity contribution >= 4 is 12.0 Å². The van der Waals surface area contributed by atoms with Crippen LogP contribution in [0.25, 0.3) is 6.08 Å². The first-order valence-electron chi connectivity index (χ1n) is 9.06. The molecular formula is C22H25NO3. The minimum absolute atomic E-state index is 0.0972. The summed E-state index contributed by atoms with van der Waals surface area (Å²) in [5.41, 5.74) is 2.02. The summed E-state index contributed by atoms with van der Waals surface area (Å²) in [6.07, 6.45) is 4.27. The van der Waals surface area contributed by atoms with E-state index in [1.807, 2.05) is 54.6 Å². The molecule has 26 heavy (non-hydrogen) atoms. The van der Waals surface area contributed by atoms with Crippen LogP contribution in [0.4, 0.5) is 0 Å². The molecule has 2 aromatic rings. The molecule has 4 heteroatoms. The van der Waals surface area contributed by atoms with Gasteiger partial charge in [-0.1, -0.05) is 50.2 Å². The maximum atomic E-state index is 12.4. The van der Waals surface area contributed by atoms with E-state index in [2.05, 4.69) is 19.2 Å². The van der Waals surface area contributed by atoms with E-state index in [4.69, 9.17) is 9.47 Å². The van der Waals surface area contributed by atoms with E-state index in [1.54, 1.807) is 6.08 Å². The minimum atomic E-state index is -0.111. The van der Waals surface area contributed by atoms with Crippen molar-refractivity contribution in [3.05, 3.63) is 65.7 Å². The summed E-state index contributed by atoms with van der Waals surface area (Å²) >= 11 is 0. The summed E-state index contributed by atoms with van der Waals surface area (Å²) in [4.78, 5) is 12.4. The van der Waals surface area contributed by atoms with Gasteiger partial charge in [-0.25, -0.2) is 0 Å². The summed E-state index contributed by atoms with van der Waals surface area (Å²) in [7, 11) is 0. The number of hydrogen-bond donors (Lipinski definition) is 1. The smallest absolute Gasteiger partial charge is 0.244 e. The summed E-state index contributed by atoms with van der Waals surface area (Å²) in [5, 5.41) is 3.10. The summed E-state index contributed by atoms with van der Waals surface area (Å²) < 4.78 is 11.5. The van der Waals surface area contributed by atoms with Gasteiger partial charge in [-0.2, -0.15) is 0 Å². The van der Waals surface area contributed by atoms with Crippen LogP contribution in [0.15, 0.2) is 54.6 Å². The number of amides is 1. The molecule has 0 saturated heterocycles. The Bertz CT molecular complexity index is 768. The lowest BCUT2D eigenvalue weighted by molar-refractivity contribution is -0.117. The Morgan fingerprint density at radius 3 is 2.50 bits per heavy atom. The number of nitrogens with one attached hydrogen (secondary N) is 1. The first kappa shape index (κ1) is 18.1. The van der Waals surface area contributed by atoms with Crippen LogP contribution < -0.4 is 14.8 Å². The SMILES string of the molecule is CC(C)C(NC(=O)/C=C/c1ccccc1)c1ccc2c(c1)OCCCO2. The van der Waals surface area contributed by atoms with Crippen LogP contribution in [-0.2, 0) is 4.79 Å². The molecule has 0 saturated carbocycles. The first-order chi connectivity index (χ1) is 12.6. The van der Waals surface area contributed by atoms with Gasteiger partial charge in [-0.05, 0) is 35.3 Å². The van der Waals surface area contributed by atoms with Crippen molar-refractivity contribution in [3.63, 3.8) is 0 Å². The second-order valence-corrected chi connectivity index (χ2v) is 6.73. The van der Waals surface area contributed by atoms with Crippen molar-refractivity contribution in [2.45, 2.75) is 26.3 Å². The van der Waals surface area contributed by atoms with E-state index < -0.39 is 0 Å². The fraction of sp³-hybridized carbons (Fsp3) is 0.318. The molecule has 1 heterocycles. The molecule has 0 fully saturated rings. The second-order valence-electron chi connectivity index (χ2n) is 6.73. The zero-order valence-corrected chi connectivity index (χ0v) is 15.3. The third kappa shape index (κ3) is 4.66. The van der Waals surface area contributed by atoms with E-state index in [9.17, 15) is 4.79 Å². The summed E-state index contributed by atoms with van der Waals surface area (Å²) in [6.45, 7) is 5.50. The van der Waals surface area contributed by atoms with Crippen molar-refractivity contribution in [1.29, 1.82) is 0 Å². The topological polar surface area (TPSA) is 47.6 Å². The standard InChI is InChI=1S/C22H25NO3/c1-16(2)22(23-21(24)12-9-17-7-4-3-5-8-17)18-10-11-19-20(15-18)26-14-6-13-25-19/h3-5,7-12,15-16,22H,6,13-14H2,1-2H3,(H,23,24)/b12-9+. The number of rotatable bonds is 5. The molecule has 136 valence electrons. The molecular weight excluding hydrogens is 326 g/mol. The number of benzene rings is 2. The van der Waals surface area contributed by atoms with Crippen molar-refractivity contribution in [1.82, 2.24) is 5.32 Å². The molecule has 1 unspecified atom stereocenters. The third-order valence-corrected chi connectivity index (χ3v) is 4.32. The molecule has 4 nitrogen and oxygen atoms in total. The summed E-state index contributed by atoms with van der Waals surface area (Å²) in [5.74, 6) is 1.65. The van der Waals surface area contributed by atoms with E-state index in [0.717, 1.165) is 29.0 Å². The fourth-order valence-electron chi connectivity index (χ4n) is 2.95. The predicted molar refractivity (Wildman–Crippen MR) is 103 cm³/mol. The van der Waals surface area contributed by atoms with E-state index in [1.165, 1.54) is 0 Å². The second kappa shape index (κ2) is 8.56. The third-order valence-electron chi connectivity index (χ3n) is 4.32. The van der Waals surface area contributed by atoms with Gasteiger partial charge < -0.3 is 14.8 Å². The highest BCUT2D eigenvalue weighted by atomic mass is 16.5. The molecule has 0 aliphatic carbocycles. The monoisotopic (exact) mass is 351 g/mol. The summed E-state index contributed by atoms with van der Waals surface area (Å²) in [6, 6.07) is 15.6. The molecule has 1 aliphatic rings. The van der Waals surface area contributed by atoms with Crippen molar-refractivity contribution in [2.75, 3.05) is 13.2 Å². The highest BCUT2D eigenvalue weighted by molar-refractivity contribution is 5.92. The number of hydrogen-bond acceptors (Lipinski definition) is 3. The Balaban J connectivity index is 1.74. The Morgan fingerprint density at radius 1 is 1.04 bits per heavy atom. The Morgan fingerprint density at radius 2 is 1.77 bits per heavy atom. The van der Waals surface area contributed by atoms with E-state index in [0.29, 0.717) is 13.2 Å². The molecule has 0 spiro atoms. The molecule has 1 aliphatic heterocycles. The molecule has 3 rings (SSSR count). The average molecular weight is 351 g/mol. The maximum absolute atomic E-state index is 12.4. The van der Waals surface area contributed by atoms with Gasteiger partial charge in [0.15, 0.2) is 11.5 Å². The van der Waals surface area contributed by atoms with Gasteiger partial charge in [-0.15, -0.1) is 0 Å². The number of fused-ring (bicyclic) bond motifs is 1. The van der Waals surface area contributed by atoms with Crippen LogP contribution >= 0.6 is 0 Å². The Labute approximate surface area is 154 Å². The van der Waals surface area contributed by atoms with Crippen LogP contribution in [0.3, 0.4) is 0 Å². The van der Waals surface area contributed by atoms with Crippen molar-refractivity contribution < 1.29 is 14.3 Å². The lowest BCUT2D eigenvalue weighted by atomic mass is 9.95. The molecule has 0 bridgehead atoms. The normalized spacial score (nSPS) is 14.9. The molecule has 1 amide bonds. The first-order valence-corrected chi connectivity index (χ1v) is 9.06. The highest BCUT2D eigenvalue weighted by Gasteiger charge is 2.20. The lowest BCUT2D eigenvalue weighted by Crippen LogP contribution is -2.30. The van der Waals surface area contributed by atoms with E-state index >= 15 is 0 Å². The Hall–Kier alpha value is -2.75. The van der Waals surface area contributed by atoms with Gasteiger partial charge in [-0.3, -0.25) is 4.79 Å². The van der Waals surface area contributed by atoms with Gasteiger partial charge in [0.1, 0.15) is 0 Å². The fourth-order valence-corrected chi connectivity index (χ4v) is 2.95. The van der Waals surface area contributed by atoms with Gasteiger partial charge in [0, 0.05) is 12.5 Å². The molecule has 2 aromatic carbocycles. The van der Waals surface area contributed by atoms with Crippen LogP contribution in [0, 0.1) is 5.92 Å². The zero-order chi connectivity index (χ0) is 18.4. The van der Waals surface area contributed by atoms with Crippen molar-refractivity contribution in [3.8, 4) is 11.5 Å². The predicted octanol–water partition coefficient (Wildman–Crippen LogP) is 4.37. The van der Waals surface area contributed by atoms with Crippen LogP contribution in [0.1, 0.15) is 37.4 Å². The molecule has 1 N–H and O–H groups in total. The number of carbonyl (C=O) groups is 1. The maximum Gasteiger partial charge on any atom is 0.244 e. The lowest BCUT2D eigenvalue weighted by Gasteiger charge is -2.23. The van der Waals surface area contributed by atoms with Gasteiger partial charge in [0.25, 0.3) is 0 Å². The van der Waals surface area contributed by atoms with Crippen molar-refractivity contribution in [2.24, 2.45) is 5.92 Å². The quantitative estimate of drug-likeness (QED) is 0.814. The van der Waals surface area contributed by atoms with Crippen LogP contribution in [0.2, 0.25) is 0 Å². The number of ether oxygens (including phenoxy) is 2. The highest BCUT2D eigenvalue weighted by Crippen LogP contribution is 2.34. The van der Waals surface area contributed by atoms with E-state index in [-0.39, 0.29) is 17.9 Å². The van der Waals surface area contributed by atoms with Gasteiger partial charge in [0.05, 0.1) is 19.3 Å². The largest absolute Gasteiger partial charge is 0.490 e. The molecule has 0 radical (unpaired) electrons. The van der Waals surface area contributed by atoms with Gasteiger partial charge in [0.2, 0.25) is 5.91 Å². The Kier molecular flexibility index (Phi) is 5.95. The van der Waals surface area contributed by atoms with Gasteiger partial charge >= 0.3 is 0 Å². The molecule has 1 atom stereocenters. The van der Waals surface area contributed by atoms with Crippen LogP contribution in [-0.4, -0.2) is 19.1 Å². The zero-order valence-electron chi connectivity index (χ0n) is 15.3. The van der Waals surface area contributed by atoms with Crippen LogP contribution in [0.5, 0.6) is 11.5 Å². The minimum Gasteiger partial charge on any atom is -0.490 e.